The highest BCUT2D eigenvalue weighted by atomic mass is 32.2. The van der Waals surface area contributed by atoms with Crippen LogP contribution in [0.5, 0.6) is 5.75 Å². The molecule has 1 aromatic carbocycles. The lowest BCUT2D eigenvalue weighted by Gasteiger charge is -2.38. The van der Waals surface area contributed by atoms with Crippen LogP contribution in [0.2, 0.25) is 0 Å². The van der Waals surface area contributed by atoms with Gasteiger partial charge in [0.05, 0.1) is 32.1 Å². The molecule has 1 amide bonds. The number of carbonyl (C=O) groups excluding carboxylic acids is 1. The number of likely N-dealkylation sites (tertiary alicyclic amines) is 1. The monoisotopic (exact) mass is 337 g/mol. The number of hydrogen-bond acceptors (Lipinski definition) is 5. The molecule has 0 aromatic heterocycles. The molecule has 3 rings (SSSR count). The van der Waals surface area contributed by atoms with Crippen molar-refractivity contribution in [2.75, 3.05) is 32.6 Å². The summed E-state index contributed by atoms with van der Waals surface area (Å²) in [4.78, 5) is 15.7. The zero-order valence-electron chi connectivity index (χ0n) is 13.4. The zero-order valence-corrected chi connectivity index (χ0v) is 14.2. The predicted molar refractivity (Wildman–Crippen MR) is 88.8 cm³/mol. The van der Waals surface area contributed by atoms with Crippen LogP contribution in [0.15, 0.2) is 29.2 Å². The SMILES string of the molecule is COc1ccc(SCC(=O)N2CCCCC2C2OCCO2)cc1. The molecule has 126 valence electrons. The van der Waals surface area contributed by atoms with Crippen LogP contribution in [-0.2, 0) is 14.3 Å². The van der Waals surface area contributed by atoms with Gasteiger partial charge in [-0.2, -0.15) is 0 Å². The third kappa shape index (κ3) is 4.19. The first-order chi connectivity index (χ1) is 11.3. The van der Waals surface area contributed by atoms with Gasteiger partial charge in [0.2, 0.25) is 5.91 Å². The topological polar surface area (TPSA) is 48.0 Å². The summed E-state index contributed by atoms with van der Waals surface area (Å²) in [6.07, 6.45) is 2.90. The van der Waals surface area contributed by atoms with Gasteiger partial charge in [-0.3, -0.25) is 4.79 Å². The maximum Gasteiger partial charge on any atom is 0.233 e. The lowest BCUT2D eigenvalue weighted by molar-refractivity contribution is -0.148. The van der Waals surface area contributed by atoms with Gasteiger partial charge in [0, 0.05) is 11.4 Å². The van der Waals surface area contributed by atoms with Gasteiger partial charge in [0.15, 0.2) is 6.29 Å². The number of amides is 1. The maximum absolute atomic E-state index is 12.6. The Morgan fingerprint density at radius 3 is 2.70 bits per heavy atom. The molecular formula is C17H23NO4S. The number of rotatable bonds is 5. The highest BCUT2D eigenvalue weighted by Crippen LogP contribution is 2.27. The highest BCUT2D eigenvalue weighted by molar-refractivity contribution is 8.00. The number of benzene rings is 1. The van der Waals surface area contributed by atoms with Crippen LogP contribution in [-0.4, -0.2) is 55.8 Å². The van der Waals surface area contributed by atoms with Gasteiger partial charge in [-0.25, -0.2) is 0 Å². The fourth-order valence-electron chi connectivity index (χ4n) is 3.05. The Kier molecular flexibility index (Phi) is 5.80. The fraction of sp³-hybridized carbons (Fsp3) is 0.588. The molecule has 0 spiro atoms. The van der Waals surface area contributed by atoms with E-state index in [4.69, 9.17) is 14.2 Å². The van der Waals surface area contributed by atoms with E-state index in [9.17, 15) is 4.79 Å². The van der Waals surface area contributed by atoms with Gasteiger partial charge in [-0.05, 0) is 43.5 Å². The van der Waals surface area contributed by atoms with Crippen LogP contribution in [0.4, 0.5) is 0 Å². The first kappa shape index (κ1) is 16.6. The molecule has 23 heavy (non-hydrogen) atoms. The molecule has 2 aliphatic rings. The number of thioether (sulfide) groups is 1. The summed E-state index contributed by atoms with van der Waals surface area (Å²) in [6, 6.07) is 7.85. The molecule has 0 N–H and O–H groups in total. The molecular weight excluding hydrogens is 314 g/mol. The molecule has 6 heteroatoms. The van der Waals surface area contributed by atoms with E-state index in [0.29, 0.717) is 19.0 Å². The summed E-state index contributed by atoms with van der Waals surface area (Å²) in [5.74, 6) is 1.43. The lowest BCUT2D eigenvalue weighted by Crippen LogP contribution is -2.50. The van der Waals surface area contributed by atoms with Crippen LogP contribution in [0.1, 0.15) is 19.3 Å². The number of nitrogens with zero attached hydrogens (tertiary/aromatic N) is 1. The molecule has 0 aliphatic carbocycles. The van der Waals surface area contributed by atoms with Gasteiger partial charge >= 0.3 is 0 Å². The summed E-state index contributed by atoms with van der Waals surface area (Å²) >= 11 is 1.56. The maximum atomic E-state index is 12.6. The van der Waals surface area contributed by atoms with E-state index in [0.717, 1.165) is 36.5 Å². The normalized spacial score (nSPS) is 22.3. The molecule has 0 bridgehead atoms. The van der Waals surface area contributed by atoms with E-state index in [-0.39, 0.29) is 18.2 Å². The van der Waals surface area contributed by atoms with Crippen LogP contribution < -0.4 is 4.74 Å². The van der Waals surface area contributed by atoms with Crippen molar-refractivity contribution in [3.63, 3.8) is 0 Å². The van der Waals surface area contributed by atoms with Crippen molar-refractivity contribution in [1.82, 2.24) is 4.90 Å². The van der Waals surface area contributed by atoms with E-state index in [1.165, 1.54) is 0 Å². The summed E-state index contributed by atoms with van der Waals surface area (Å²) in [7, 11) is 1.65. The van der Waals surface area contributed by atoms with E-state index < -0.39 is 0 Å². The van der Waals surface area contributed by atoms with Crippen molar-refractivity contribution in [2.24, 2.45) is 0 Å². The summed E-state index contributed by atoms with van der Waals surface area (Å²) < 4.78 is 16.4. The minimum absolute atomic E-state index is 0.0650. The second-order valence-electron chi connectivity index (χ2n) is 5.72. The Balaban J connectivity index is 1.56. The average Bonchev–Trinajstić information content (AvgIpc) is 3.14. The Hall–Kier alpha value is -1.24. The molecule has 1 aromatic rings. The molecule has 1 atom stereocenters. The third-order valence-electron chi connectivity index (χ3n) is 4.25. The van der Waals surface area contributed by atoms with Crippen molar-refractivity contribution < 1.29 is 19.0 Å². The van der Waals surface area contributed by atoms with Gasteiger partial charge in [-0.1, -0.05) is 0 Å². The Bertz CT molecular complexity index is 516. The predicted octanol–water partition coefficient (Wildman–Crippen LogP) is 2.54. The van der Waals surface area contributed by atoms with Crippen molar-refractivity contribution in [3.8, 4) is 5.75 Å². The van der Waals surface area contributed by atoms with E-state index in [1.807, 2.05) is 29.2 Å². The first-order valence-corrected chi connectivity index (χ1v) is 9.06. The summed E-state index contributed by atoms with van der Waals surface area (Å²) in [5.41, 5.74) is 0. The molecule has 2 aliphatic heterocycles. The smallest absolute Gasteiger partial charge is 0.233 e. The zero-order chi connectivity index (χ0) is 16.1. The minimum Gasteiger partial charge on any atom is -0.497 e. The van der Waals surface area contributed by atoms with Gasteiger partial charge in [0.1, 0.15) is 5.75 Å². The molecule has 0 radical (unpaired) electrons. The molecule has 0 saturated carbocycles. The first-order valence-electron chi connectivity index (χ1n) is 8.07. The van der Waals surface area contributed by atoms with Crippen molar-refractivity contribution in [3.05, 3.63) is 24.3 Å². The number of ether oxygens (including phenoxy) is 3. The Morgan fingerprint density at radius 2 is 2.00 bits per heavy atom. The number of hydrogen-bond donors (Lipinski definition) is 0. The van der Waals surface area contributed by atoms with Crippen molar-refractivity contribution in [2.45, 2.75) is 36.5 Å². The summed E-state index contributed by atoms with van der Waals surface area (Å²) in [5, 5.41) is 0. The van der Waals surface area contributed by atoms with Gasteiger partial charge < -0.3 is 19.1 Å². The van der Waals surface area contributed by atoms with Crippen LogP contribution >= 0.6 is 11.8 Å². The second kappa shape index (κ2) is 8.04. The Labute approximate surface area is 141 Å². The van der Waals surface area contributed by atoms with Crippen LogP contribution in [0, 0.1) is 0 Å². The van der Waals surface area contributed by atoms with Gasteiger partial charge in [-0.15, -0.1) is 11.8 Å². The number of piperidine rings is 1. The molecule has 1 unspecified atom stereocenters. The summed E-state index contributed by atoms with van der Waals surface area (Å²) in [6.45, 7) is 2.06. The minimum atomic E-state index is -0.245. The molecule has 2 saturated heterocycles. The quantitative estimate of drug-likeness (QED) is 0.773. The molecule has 2 heterocycles. The molecule has 2 fully saturated rings. The standard InChI is InChI=1S/C17H23NO4S/c1-20-13-5-7-14(8-6-13)23-12-16(19)18-9-3-2-4-15(18)17-21-10-11-22-17/h5-8,15,17H,2-4,9-12H2,1H3. The largest absolute Gasteiger partial charge is 0.497 e. The van der Waals surface area contributed by atoms with Gasteiger partial charge in [0.25, 0.3) is 0 Å². The second-order valence-corrected chi connectivity index (χ2v) is 6.77. The van der Waals surface area contributed by atoms with E-state index in [2.05, 4.69) is 0 Å². The van der Waals surface area contributed by atoms with Crippen molar-refractivity contribution in [1.29, 1.82) is 0 Å². The molecule has 5 nitrogen and oxygen atoms in total. The van der Waals surface area contributed by atoms with Crippen LogP contribution in [0.25, 0.3) is 0 Å². The van der Waals surface area contributed by atoms with E-state index in [1.54, 1.807) is 18.9 Å². The lowest BCUT2D eigenvalue weighted by atomic mass is 10.0. The van der Waals surface area contributed by atoms with E-state index >= 15 is 0 Å². The van der Waals surface area contributed by atoms with Crippen molar-refractivity contribution >= 4 is 17.7 Å². The average molecular weight is 337 g/mol. The fourth-order valence-corrected chi connectivity index (χ4v) is 3.83. The number of methoxy groups -OCH3 is 1. The Morgan fingerprint density at radius 1 is 1.26 bits per heavy atom. The number of carbonyl (C=O) groups is 1. The van der Waals surface area contributed by atoms with Crippen LogP contribution in [0.3, 0.4) is 0 Å². The third-order valence-corrected chi connectivity index (χ3v) is 5.25. The highest BCUT2D eigenvalue weighted by Gasteiger charge is 2.35.